The molecule has 0 unspecified atom stereocenters. The van der Waals surface area contributed by atoms with E-state index >= 15 is 0 Å². The number of hydrogen-bond acceptors (Lipinski definition) is 5. The molecule has 0 bridgehead atoms. The molecule has 2 N–H and O–H groups in total. The van der Waals surface area contributed by atoms with Gasteiger partial charge in [-0.05, 0) is 27.2 Å². The molecule has 1 rings (SSSR count). The Morgan fingerprint density at radius 3 is 2.24 bits per heavy atom. The Morgan fingerprint density at radius 1 is 1.10 bits per heavy atom. The monoisotopic (exact) mass is 293 g/mol. The van der Waals surface area contributed by atoms with Crippen LogP contribution in [0.1, 0.15) is 39.9 Å². The minimum atomic E-state index is 0.0839. The van der Waals surface area contributed by atoms with Crippen molar-refractivity contribution in [3.63, 3.8) is 0 Å². The molecule has 0 saturated carbocycles. The number of carbonyl (C=O) groups is 1. The van der Waals surface area contributed by atoms with E-state index in [0.717, 1.165) is 44.1 Å². The lowest BCUT2D eigenvalue weighted by Gasteiger charge is -2.19. The first-order valence-electron chi connectivity index (χ1n) is 7.77. The molecule has 6 heteroatoms. The van der Waals surface area contributed by atoms with Crippen LogP contribution in [-0.2, 0) is 11.2 Å². The summed E-state index contributed by atoms with van der Waals surface area (Å²) in [6.07, 6.45) is 1.82. The average molecular weight is 293 g/mol. The maximum absolute atomic E-state index is 12.0. The van der Waals surface area contributed by atoms with Crippen molar-refractivity contribution in [3.05, 3.63) is 11.9 Å². The number of aryl methyl sites for hydroxylation is 1. The van der Waals surface area contributed by atoms with Gasteiger partial charge in [-0.1, -0.05) is 6.92 Å². The fourth-order valence-electron chi connectivity index (χ4n) is 2.05. The van der Waals surface area contributed by atoms with E-state index in [-0.39, 0.29) is 12.5 Å². The molecule has 0 aromatic carbocycles. The summed E-state index contributed by atoms with van der Waals surface area (Å²) in [5.74, 6) is 2.38. The van der Waals surface area contributed by atoms with Crippen molar-refractivity contribution in [1.29, 1.82) is 0 Å². The number of hydrogen-bond donors (Lipinski definition) is 2. The average Bonchev–Trinajstić information content (AvgIpc) is 2.47. The Labute approximate surface area is 127 Å². The molecule has 118 valence electrons. The molecule has 0 saturated heterocycles. The molecular weight excluding hydrogens is 266 g/mol. The minimum Gasteiger partial charge on any atom is -0.370 e. The van der Waals surface area contributed by atoms with Gasteiger partial charge in [-0.3, -0.25) is 4.79 Å². The fourth-order valence-corrected chi connectivity index (χ4v) is 2.05. The third-order valence-electron chi connectivity index (χ3n) is 3.14. The highest BCUT2D eigenvalue weighted by Crippen LogP contribution is 2.12. The molecule has 1 aromatic rings. The fraction of sp³-hybridized carbons (Fsp3) is 0.667. The molecule has 6 nitrogen and oxygen atoms in total. The van der Waals surface area contributed by atoms with Gasteiger partial charge in [0.25, 0.3) is 0 Å². The van der Waals surface area contributed by atoms with Crippen molar-refractivity contribution in [2.45, 2.75) is 40.5 Å². The lowest BCUT2D eigenvalue weighted by molar-refractivity contribution is -0.128. The Kier molecular flexibility index (Phi) is 7.50. The van der Waals surface area contributed by atoms with E-state index < -0.39 is 0 Å². The molecule has 0 spiro atoms. The molecule has 0 fully saturated rings. The quantitative estimate of drug-likeness (QED) is 0.730. The van der Waals surface area contributed by atoms with Gasteiger partial charge in [0, 0.05) is 32.1 Å². The Morgan fingerprint density at radius 2 is 1.71 bits per heavy atom. The van der Waals surface area contributed by atoms with Crippen LogP contribution in [0.5, 0.6) is 0 Å². The second-order valence-corrected chi connectivity index (χ2v) is 4.75. The largest absolute Gasteiger partial charge is 0.370 e. The van der Waals surface area contributed by atoms with Gasteiger partial charge in [0.1, 0.15) is 17.5 Å². The number of anilines is 2. The van der Waals surface area contributed by atoms with E-state index in [1.54, 1.807) is 4.90 Å². The van der Waals surface area contributed by atoms with Crippen LogP contribution in [0.25, 0.3) is 0 Å². The summed E-state index contributed by atoms with van der Waals surface area (Å²) < 4.78 is 0. The molecule has 21 heavy (non-hydrogen) atoms. The van der Waals surface area contributed by atoms with Gasteiger partial charge in [-0.15, -0.1) is 0 Å². The van der Waals surface area contributed by atoms with Gasteiger partial charge in [0.2, 0.25) is 5.91 Å². The maximum Gasteiger partial charge on any atom is 0.241 e. The van der Waals surface area contributed by atoms with Crippen molar-refractivity contribution in [1.82, 2.24) is 14.9 Å². The highest BCUT2D eigenvalue weighted by Gasteiger charge is 2.10. The van der Waals surface area contributed by atoms with Crippen LogP contribution < -0.4 is 10.6 Å². The highest BCUT2D eigenvalue weighted by molar-refractivity contribution is 5.80. The summed E-state index contributed by atoms with van der Waals surface area (Å²) in [5, 5.41) is 6.30. The van der Waals surface area contributed by atoms with Gasteiger partial charge in [-0.2, -0.15) is 0 Å². The number of nitrogens with one attached hydrogen (secondary N) is 2. The molecule has 1 aromatic heterocycles. The van der Waals surface area contributed by atoms with Crippen LogP contribution in [-0.4, -0.2) is 47.0 Å². The van der Waals surface area contributed by atoms with E-state index in [0.29, 0.717) is 5.82 Å². The number of nitrogens with zero attached hydrogens (tertiary/aromatic N) is 3. The molecule has 0 atom stereocenters. The Balaban J connectivity index is 2.74. The summed E-state index contributed by atoms with van der Waals surface area (Å²) >= 11 is 0. The molecule has 1 amide bonds. The molecule has 1 heterocycles. The SMILES string of the molecule is CCCc1nc(NCC)cc(NCC(=O)N(CC)CC)n1. The van der Waals surface area contributed by atoms with Crippen molar-refractivity contribution < 1.29 is 4.79 Å². The zero-order valence-electron chi connectivity index (χ0n) is 13.6. The number of likely N-dealkylation sites (N-methyl/N-ethyl adjacent to an activating group) is 1. The summed E-state index contributed by atoms with van der Waals surface area (Å²) in [5.41, 5.74) is 0. The van der Waals surface area contributed by atoms with E-state index in [1.807, 2.05) is 26.8 Å². The first kappa shape index (κ1) is 17.2. The van der Waals surface area contributed by atoms with Crippen LogP contribution in [0.3, 0.4) is 0 Å². The van der Waals surface area contributed by atoms with E-state index in [1.165, 1.54) is 0 Å². The van der Waals surface area contributed by atoms with Crippen LogP contribution in [0.2, 0.25) is 0 Å². The predicted molar refractivity (Wildman–Crippen MR) is 86.6 cm³/mol. The second kappa shape index (κ2) is 9.15. The van der Waals surface area contributed by atoms with Crippen molar-refractivity contribution >= 4 is 17.5 Å². The molecular formula is C15H27N5O. The van der Waals surface area contributed by atoms with Crippen molar-refractivity contribution in [2.75, 3.05) is 36.8 Å². The zero-order chi connectivity index (χ0) is 15.7. The van der Waals surface area contributed by atoms with E-state index in [9.17, 15) is 4.79 Å². The minimum absolute atomic E-state index is 0.0839. The zero-order valence-corrected chi connectivity index (χ0v) is 13.6. The van der Waals surface area contributed by atoms with Gasteiger partial charge < -0.3 is 15.5 Å². The van der Waals surface area contributed by atoms with Gasteiger partial charge in [-0.25, -0.2) is 9.97 Å². The highest BCUT2D eigenvalue weighted by atomic mass is 16.2. The standard InChI is InChI=1S/C15H27N5O/c1-5-9-12-18-13(16-6-2)10-14(19-12)17-11-15(21)20(7-3)8-4/h10H,5-9,11H2,1-4H3,(H2,16,17,18,19). The molecule has 0 radical (unpaired) electrons. The van der Waals surface area contributed by atoms with Gasteiger partial charge in [0.05, 0.1) is 6.54 Å². The molecule has 0 aliphatic rings. The smallest absolute Gasteiger partial charge is 0.241 e. The van der Waals surface area contributed by atoms with Crippen LogP contribution in [0.4, 0.5) is 11.6 Å². The topological polar surface area (TPSA) is 70.2 Å². The number of carbonyl (C=O) groups excluding carboxylic acids is 1. The molecule has 0 aliphatic carbocycles. The van der Waals surface area contributed by atoms with E-state index in [2.05, 4.69) is 27.5 Å². The van der Waals surface area contributed by atoms with Crippen molar-refractivity contribution in [2.24, 2.45) is 0 Å². The van der Waals surface area contributed by atoms with E-state index in [4.69, 9.17) is 0 Å². The third-order valence-corrected chi connectivity index (χ3v) is 3.14. The summed E-state index contributed by atoms with van der Waals surface area (Å²) in [6, 6.07) is 1.85. The van der Waals surface area contributed by atoms with Crippen molar-refractivity contribution in [3.8, 4) is 0 Å². The van der Waals surface area contributed by atoms with Gasteiger partial charge >= 0.3 is 0 Å². The predicted octanol–water partition coefficient (Wildman–Crippen LogP) is 2.14. The Bertz CT molecular complexity index is 421. The Hall–Kier alpha value is -1.85. The summed E-state index contributed by atoms with van der Waals surface area (Å²) in [6.45, 7) is 10.6. The lowest BCUT2D eigenvalue weighted by Crippen LogP contribution is -2.35. The number of amides is 1. The third kappa shape index (κ3) is 5.57. The summed E-state index contributed by atoms with van der Waals surface area (Å²) in [7, 11) is 0. The second-order valence-electron chi connectivity index (χ2n) is 4.75. The normalized spacial score (nSPS) is 10.3. The summed E-state index contributed by atoms with van der Waals surface area (Å²) in [4.78, 5) is 22.7. The number of rotatable bonds is 9. The van der Waals surface area contributed by atoms with Gasteiger partial charge in [0.15, 0.2) is 0 Å². The van der Waals surface area contributed by atoms with Crippen LogP contribution in [0, 0.1) is 0 Å². The van der Waals surface area contributed by atoms with Crippen LogP contribution >= 0.6 is 0 Å². The first-order valence-corrected chi connectivity index (χ1v) is 7.77. The first-order chi connectivity index (χ1) is 10.1. The van der Waals surface area contributed by atoms with Crippen LogP contribution in [0.15, 0.2) is 6.07 Å². The lowest BCUT2D eigenvalue weighted by atomic mass is 10.3. The maximum atomic E-state index is 12.0. The molecule has 0 aliphatic heterocycles. The number of aromatic nitrogens is 2.